The predicted molar refractivity (Wildman–Crippen MR) is 74.1 cm³/mol. The third-order valence-corrected chi connectivity index (χ3v) is 3.91. The zero-order chi connectivity index (χ0) is 14.4. The molecular formula is C13H10N2O4S. The van der Waals surface area contributed by atoms with Crippen LogP contribution in [-0.4, -0.2) is 28.9 Å². The van der Waals surface area contributed by atoms with Crippen molar-refractivity contribution in [3.63, 3.8) is 0 Å². The Labute approximate surface area is 116 Å². The monoisotopic (exact) mass is 290 g/mol. The van der Waals surface area contributed by atoms with Crippen molar-refractivity contribution in [3.05, 3.63) is 29.8 Å². The van der Waals surface area contributed by atoms with Gasteiger partial charge in [0.1, 0.15) is 0 Å². The van der Waals surface area contributed by atoms with Gasteiger partial charge in [0.2, 0.25) is 0 Å². The SMILES string of the molecule is Cc1c(S(=O)O)ccc2nc3cc(O)c(O)cc3nc12. The first kappa shape index (κ1) is 12.8. The summed E-state index contributed by atoms with van der Waals surface area (Å²) in [6.07, 6.45) is 0. The van der Waals surface area contributed by atoms with Crippen molar-refractivity contribution in [1.82, 2.24) is 9.97 Å². The molecule has 7 heteroatoms. The summed E-state index contributed by atoms with van der Waals surface area (Å²) in [6.45, 7) is 1.69. The molecule has 3 rings (SSSR count). The molecule has 0 spiro atoms. The number of nitrogens with zero attached hydrogens (tertiary/aromatic N) is 2. The molecule has 0 aliphatic heterocycles. The van der Waals surface area contributed by atoms with Crippen LogP contribution >= 0.6 is 0 Å². The van der Waals surface area contributed by atoms with Crippen LogP contribution in [0.25, 0.3) is 22.1 Å². The molecule has 0 fully saturated rings. The molecule has 0 bridgehead atoms. The van der Waals surface area contributed by atoms with Crippen molar-refractivity contribution in [2.45, 2.75) is 11.8 Å². The molecule has 3 aromatic rings. The van der Waals surface area contributed by atoms with Gasteiger partial charge >= 0.3 is 0 Å². The summed E-state index contributed by atoms with van der Waals surface area (Å²) >= 11 is -2.10. The Morgan fingerprint density at radius 1 is 1.00 bits per heavy atom. The maximum absolute atomic E-state index is 11.2. The van der Waals surface area contributed by atoms with E-state index in [0.717, 1.165) is 0 Å². The summed E-state index contributed by atoms with van der Waals surface area (Å²) < 4.78 is 20.4. The van der Waals surface area contributed by atoms with Crippen molar-refractivity contribution in [1.29, 1.82) is 0 Å². The lowest BCUT2D eigenvalue weighted by atomic mass is 10.1. The highest BCUT2D eigenvalue weighted by molar-refractivity contribution is 7.79. The van der Waals surface area contributed by atoms with Gasteiger partial charge < -0.3 is 14.8 Å². The first-order valence-corrected chi connectivity index (χ1v) is 6.82. The number of aromatic nitrogens is 2. The molecule has 1 atom stereocenters. The van der Waals surface area contributed by atoms with Crippen LogP contribution in [0.4, 0.5) is 0 Å². The maximum atomic E-state index is 11.2. The van der Waals surface area contributed by atoms with E-state index in [9.17, 15) is 19.0 Å². The second kappa shape index (κ2) is 4.39. The average molecular weight is 290 g/mol. The minimum atomic E-state index is -2.10. The van der Waals surface area contributed by atoms with Crippen LogP contribution in [-0.2, 0) is 11.1 Å². The topological polar surface area (TPSA) is 104 Å². The summed E-state index contributed by atoms with van der Waals surface area (Å²) in [6, 6.07) is 5.75. The molecule has 0 saturated heterocycles. The maximum Gasteiger partial charge on any atom is 0.186 e. The number of fused-ring (bicyclic) bond motifs is 2. The minimum absolute atomic E-state index is 0.268. The number of phenols is 2. The molecule has 6 nitrogen and oxygen atoms in total. The average Bonchev–Trinajstić information content (AvgIpc) is 2.39. The normalized spacial score (nSPS) is 12.9. The van der Waals surface area contributed by atoms with E-state index >= 15 is 0 Å². The predicted octanol–water partition coefficient (Wildman–Crippen LogP) is 2.08. The third kappa shape index (κ3) is 1.87. The largest absolute Gasteiger partial charge is 0.504 e. The Morgan fingerprint density at radius 3 is 2.20 bits per heavy atom. The van der Waals surface area contributed by atoms with E-state index in [0.29, 0.717) is 27.6 Å². The molecule has 3 N–H and O–H groups in total. The molecule has 1 unspecified atom stereocenters. The van der Waals surface area contributed by atoms with Gasteiger partial charge in [0, 0.05) is 12.1 Å². The molecule has 0 radical (unpaired) electrons. The van der Waals surface area contributed by atoms with Gasteiger partial charge in [0.15, 0.2) is 22.6 Å². The fourth-order valence-corrected chi connectivity index (χ4v) is 2.62. The van der Waals surface area contributed by atoms with Gasteiger partial charge in [-0.1, -0.05) is 0 Å². The van der Waals surface area contributed by atoms with Crippen LogP contribution in [0.1, 0.15) is 5.56 Å². The van der Waals surface area contributed by atoms with E-state index in [1.165, 1.54) is 18.2 Å². The van der Waals surface area contributed by atoms with E-state index in [1.54, 1.807) is 13.0 Å². The summed E-state index contributed by atoms with van der Waals surface area (Å²) in [7, 11) is 0. The first-order valence-electron chi connectivity index (χ1n) is 5.71. The van der Waals surface area contributed by atoms with Crippen molar-refractivity contribution < 1.29 is 19.0 Å². The second-order valence-electron chi connectivity index (χ2n) is 4.36. The number of aryl methyl sites for hydroxylation is 1. The number of phenolic OH excluding ortho intramolecular Hbond substituents is 2. The van der Waals surface area contributed by atoms with E-state index < -0.39 is 11.1 Å². The van der Waals surface area contributed by atoms with Gasteiger partial charge in [0.05, 0.1) is 27.0 Å². The minimum Gasteiger partial charge on any atom is -0.504 e. The first-order chi connectivity index (χ1) is 9.47. The highest BCUT2D eigenvalue weighted by atomic mass is 32.2. The van der Waals surface area contributed by atoms with Crippen LogP contribution in [0.3, 0.4) is 0 Å². The van der Waals surface area contributed by atoms with Crippen LogP contribution in [0, 0.1) is 6.92 Å². The summed E-state index contributed by atoms with van der Waals surface area (Å²) in [4.78, 5) is 8.94. The fraction of sp³-hybridized carbons (Fsp3) is 0.0769. The highest BCUT2D eigenvalue weighted by Gasteiger charge is 2.12. The number of aromatic hydroxyl groups is 2. The molecular weight excluding hydrogens is 280 g/mol. The van der Waals surface area contributed by atoms with Crippen LogP contribution in [0.2, 0.25) is 0 Å². The van der Waals surface area contributed by atoms with Gasteiger partial charge in [0.25, 0.3) is 0 Å². The van der Waals surface area contributed by atoms with Crippen molar-refractivity contribution in [3.8, 4) is 11.5 Å². The Morgan fingerprint density at radius 2 is 1.60 bits per heavy atom. The quantitative estimate of drug-likeness (QED) is 0.360. The molecule has 0 aliphatic carbocycles. The third-order valence-electron chi connectivity index (χ3n) is 3.09. The molecule has 1 heterocycles. The zero-order valence-electron chi connectivity index (χ0n) is 10.4. The number of hydrogen-bond acceptors (Lipinski definition) is 5. The zero-order valence-corrected chi connectivity index (χ0v) is 11.2. The van der Waals surface area contributed by atoms with Crippen LogP contribution < -0.4 is 0 Å². The summed E-state index contributed by atoms with van der Waals surface area (Å²) in [5.74, 6) is -0.554. The fourth-order valence-electron chi connectivity index (χ4n) is 2.07. The molecule has 0 amide bonds. The van der Waals surface area contributed by atoms with Gasteiger partial charge in [-0.15, -0.1) is 0 Å². The number of rotatable bonds is 1. The van der Waals surface area contributed by atoms with E-state index in [1.807, 2.05) is 0 Å². The van der Waals surface area contributed by atoms with E-state index in [4.69, 9.17) is 0 Å². The van der Waals surface area contributed by atoms with Gasteiger partial charge in [-0.05, 0) is 24.6 Å². The summed E-state index contributed by atoms with van der Waals surface area (Å²) in [5, 5.41) is 19.0. The number of hydrogen-bond donors (Lipinski definition) is 3. The molecule has 0 saturated carbocycles. The lowest BCUT2D eigenvalue weighted by Gasteiger charge is -2.07. The lowest BCUT2D eigenvalue weighted by molar-refractivity contribution is 0.404. The van der Waals surface area contributed by atoms with Crippen molar-refractivity contribution >= 4 is 33.1 Å². The van der Waals surface area contributed by atoms with Crippen molar-refractivity contribution in [2.24, 2.45) is 0 Å². The van der Waals surface area contributed by atoms with Crippen molar-refractivity contribution in [2.75, 3.05) is 0 Å². The lowest BCUT2D eigenvalue weighted by Crippen LogP contribution is -1.96. The van der Waals surface area contributed by atoms with Crippen LogP contribution in [0.15, 0.2) is 29.2 Å². The van der Waals surface area contributed by atoms with Gasteiger partial charge in [-0.3, -0.25) is 0 Å². The molecule has 20 heavy (non-hydrogen) atoms. The number of benzene rings is 2. The Bertz CT molecular complexity index is 879. The standard InChI is InChI=1S/C13H10N2O4S/c1-6-12(20(18)19)3-2-7-13(6)15-9-5-11(17)10(16)4-8(9)14-7/h2-5,16-17H,1H3,(H,18,19). The second-order valence-corrected chi connectivity index (χ2v) is 5.30. The Balaban J connectivity index is 2.42. The van der Waals surface area contributed by atoms with Crippen LogP contribution in [0.5, 0.6) is 11.5 Å². The molecule has 102 valence electrons. The smallest absolute Gasteiger partial charge is 0.186 e. The molecule has 0 aliphatic rings. The molecule has 1 aromatic heterocycles. The highest BCUT2D eigenvalue weighted by Crippen LogP contribution is 2.30. The van der Waals surface area contributed by atoms with E-state index in [-0.39, 0.29) is 16.4 Å². The summed E-state index contributed by atoms with van der Waals surface area (Å²) in [5.41, 5.74) is 2.43. The molecule has 2 aromatic carbocycles. The van der Waals surface area contributed by atoms with Gasteiger partial charge in [-0.25, -0.2) is 14.2 Å². The Hall–Kier alpha value is -2.25. The van der Waals surface area contributed by atoms with Gasteiger partial charge in [-0.2, -0.15) is 0 Å². The Kier molecular flexibility index (Phi) is 2.81. The van der Waals surface area contributed by atoms with E-state index in [2.05, 4.69) is 9.97 Å².